The highest BCUT2D eigenvalue weighted by atomic mass is 16.3. The summed E-state index contributed by atoms with van der Waals surface area (Å²) in [7, 11) is 0. The SMILES string of the molecule is c1ccc(-c2ccccc2Nc2cccc3c2ccc2oc4ccccc4c23)cc1. The van der Waals surface area contributed by atoms with Gasteiger partial charge in [-0.25, -0.2) is 0 Å². The molecule has 6 rings (SSSR count). The summed E-state index contributed by atoms with van der Waals surface area (Å²) in [5.74, 6) is 0. The van der Waals surface area contributed by atoms with E-state index in [9.17, 15) is 0 Å². The van der Waals surface area contributed by atoms with Crippen molar-refractivity contribution in [3.05, 3.63) is 109 Å². The van der Waals surface area contributed by atoms with Gasteiger partial charge in [0.25, 0.3) is 0 Å². The number of anilines is 2. The minimum atomic E-state index is 0.922. The van der Waals surface area contributed by atoms with E-state index in [1.165, 1.54) is 27.3 Å². The maximum absolute atomic E-state index is 6.08. The Morgan fingerprint density at radius 1 is 0.467 bits per heavy atom. The second-order valence-corrected chi connectivity index (χ2v) is 7.47. The molecule has 0 atom stereocenters. The molecule has 0 amide bonds. The van der Waals surface area contributed by atoms with Gasteiger partial charge in [-0.3, -0.25) is 0 Å². The number of benzene rings is 5. The van der Waals surface area contributed by atoms with E-state index in [2.05, 4.69) is 96.3 Å². The van der Waals surface area contributed by atoms with Crippen molar-refractivity contribution in [1.29, 1.82) is 0 Å². The van der Waals surface area contributed by atoms with Gasteiger partial charge in [-0.2, -0.15) is 0 Å². The van der Waals surface area contributed by atoms with Crippen molar-refractivity contribution < 1.29 is 4.42 Å². The Kier molecular flexibility index (Phi) is 3.82. The molecule has 30 heavy (non-hydrogen) atoms. The third-order valence-electron chi connectivity index (χ3n) is 5.68. The smallest absolute Gasteiger partial charge is 0.136 e. The van der Waals surface area contributed by atoms with Crippen LogP contribution in [0.3, 0.4) is 0 Å². The molecular formula is C28H19NO. The summed E-state index contributed by atoms with van der Waals surface area (Å²) in [4.78, 5) is 0. The topological polar surface area (TPSA) is 25.2 Å². The first kappa shape index (κ1) is 16.9. The Morgan fingerprint density at radius 2 is 1.20 bits per heavy atom. The molecule has 0 aliphatic heterocycles. The molecule has 0 spiro atoms. The predicted molar refractivity (Wildman–Crippen MR) is 126 cm³/mol. The molecule has 6 aromatic rings. The maximum Gasteiger partial charge on any atom is 0.136 e. The third kappa shape index (κ3) is 2.66. The second-order valence-electron chi connectivity index (χ2n) is 7.47. The minimum absolute atomic E-state index is 0.922. The van der Waals surface area contributed by atoms with Crippen LogP contribution in [0.4, 0.5) is 11.4 Å². The number of hydrogen-bond acceptors (Lipinski definition) is 2. The normalized spacial score (nSPS) is 11.3. The standard InChI is InChI=1S/C28H19NO/c1-2-9-19(10-3-1)20-11-4-6-14-24(20)29-25-15-8-13-22-21(25)17-18-27-28(22)23-12-5-7-16-26(23)30-27/h1-18,29H. The van der Waals surface area contributed by atoms with Gasteiger partial charge in [0.05, 0.1) is 0 Å². The van der Waals surface area contributed by atoms with Crippen molar-refractivity contribution >= 4 is 44.1 Å². The third-order valence-corrected chi connectivity index (χ3v) is 5.68. The van der Waals surface area contributed by atoms with E-state index in [1.807, 2.05) is 18.2 Å². The zero-order valence-electron chi connectivity index (χ0n) is 16.3. The number of nitrogens with one attached hydrogen (secondary N) is 1. The van der Waals surface area contributed by atoms with Gasteiger partial charge in [-0.05, 0) is 41.3 Å². The molecule has 0 bridgehead atoms. The molecule has 0 fully saturated rings. The summed E-state index contributed by atoms with van der Waals surface area (Å²) < 4.78 is 6.08. The van der Waals surface area contributed by atoms with Crippen LogP contribution >= 0.6 is 0 Å². The summed E-state index contributed by atoms with van der Waals surface area (Å²) >= 11 is 0. The monoisotopic (exact) mass is 385 g/mol. The Bertz CT molecular complexity index is 1510. The molecule has 0 radical (unpaired) electrons. The Balaban J connectivity index is 1.54. The zero-order chi connectivity index (χ0) is 19.9. The number of furan rings is 1. The summed E-state index contributed by atoms with van der Waals surface area (Å²) in [6.45, 7) is 0. The van der Waals surface area contributed by atoms with Crippen LogP contribution in [-0.4, -0.2) is 0 Å². The van der Waals surface area contributed by atoms with Crippen LogP contribution in [0.2, 0.25) is 0 Å². The Hall–Kier alpha value is -4.04. The van der Waals surface area contributed by atoms with Gasteiger partial charge in [-0.1, -0.05) is 78.9 Å². The van der Waals surface area contributed by atoms with Gasteiger partial charge in [-0.15, -0.1) is 0 Å². The van der Waals surface area contributed by atoms with E-state index in [0.29, 0.717) is 0 Å². The number of hydrogen-bond donors (Lipinski definition) is 1. The maximum atomic E-state index is 6.08. The lowest BCUT2D eigenvalue weighted by Crippen LogP contribution is -1.94. The van der Waals surface area contributed by atoms with Crippen molar-refractivity contribution in [3.8, 4) is 11.1 Å². The molecule has 2 nitrogen and oxygen atoms in total. The molecule has 0 aliphatic rings. The van der Waals surface area contributed by atoms with Gasteiger partial charge in [0.15, 0.2) is 0 Å². The van der Waals surface area contributed by atoms with Crippen LogP contribution in [-0.2, 0) is 0 Å². The average Bonchev–Trinajstić information content (AvgIpc) is 3.19. The summed E-state index contributed by atoms with van der Waals surface area (Å²) in [6, 6.07) is 37.8. The van der Waals surface area contributed by atoms with Crippen LogP contribution < -0.4 is 5.32 Å². The molecule has 0 saturated heterocycles. The molecule has 0 unspecified atom stereocenters. The van der Waals surface area contributed by atoms with Crippen molar-refractivity contribution in [2.24, 2.45) is 0 Å². The number of rotatable bonds is 3. The lowest BCUT2D eigenvalue weighted by atomic mass is 10.0. The van der Waals surface area contributed by atoms with E-state index < -0.39 is 0 Å². The van der Waals surface area contributed by atoms with E-state index >= 15 is 0 Å². The first-order chi connectivity index (χ1) is 14.9. The predicted octanol–water partition coefficient (Wildman–Crippen LogP) is 8.15. The largest absolute Gasteiger partial charge is 0.456 e. The number of para-hydroxylation sites is 2. The van der Waals surface area contributed by atoms with E-state index in [4.69, 9.17) is 4.42 Å². The molecule has 0 aliphatic carbocycles. The van der Waals surface area contributed by atoms with Crippen LogP contribution in [0, 0.1) is 0 Å². The fourth-order valence-corrected chi connectivity index (χ4v) is 4.30. The van der Waals surface area contributed by atoms with Crippen molar-refractivity contribution in [3.63, 3.8) is 0 Å². The zero-order valence-corrected chi connectivity index (χ0v) is 16.3. The van der Waals surface area contributed by atoms with Crippen LogP contribution in [0.15, 0.2) is 114 Å². The van der Waals surface area contributed by atoms with Crippen LogP contribution in [0.1, 0.15) is 0 Å². The highest BCUT2D eigenvalue weighted by Crippen LogP contribution is 2.38. The Labute approximate surface area is 174 Å². The quantitative estimate of drug-likeness (QED) is 0.332. The molecular weight excluding hydrogens is 366 g/mol. The lowest BCUT2D eigenvalue weighted by molar-refractivity contribution is 0.669. The first-order valence-electron chi connectivity index (χ1n) is 10.1. The summed E-state index contributed by atoms with van der Waals surface area (Å²) in [5.41, 5.74) is 6.41. The van der Waals surface area contributed by atoms with Gasteiger partial charge >= 0.3 is 0 Å². The number of fused-ring (bicyclic) bond motifs is 5. The van der Waals surface area contributed by atoms with Crippen molar-refractivity contribution in [1.82, 2.24) is 0 Å². The van der Waals surface area contributed by atoms with Crippen LogP contribution in [0.25, 0.3) is 43.8 Å². The minimum Gasteiger partial charge on any atom is -0.456 e. The fourth-order valence-electron chi connectivity index (χ4n) is 4.30. The van der Waals surface area contributed by atoms with Gasteiger partial charge in [0.1, 0.15) is 11.2 Å². The van der Waals surface area contributed by atoms with E-state index in [-0.39, 0.29) is 0 Å². The molecule has 1 aromatic heterocycles. The average molecular weight is 385 g/mol. The Morgan fingerprint density at radius 3 is 2.13 bits per heavy atom. The van der Waals surface area contributed by atoms with Crippen molar-refractivity contribution in [2.45, 2.75) is 0 Å². The second kappa shape index (κ2) is 6.78. The lowest BCUT2D eigenvalue weighted by Gasteiger charge is -2.14. The molecule has 2 heteroatoms. The highest BCUT2D eigenvalue weighted by Gasteiger charge is 2.12. The first-order valence-corrected chi connectivity index (χ1v) is 10.1. The fraction of sp³-hybridized carbons (Fsp3) is 0. The van der Waals surface area contributed by atoms with E-state index in [0.717, 1.165) is 27.9 Å². The highest BCUT2D eigenvalue weighted by molar-refractivity contribution is 6.20. The van der Waals surface area contributed by atoms with Gasteiger partial charge in [0.2, 0.25) is 0 Å². The van der Waals surface area contributed by atoms with Gasteiger partial charge < -0.3 is 9.73 Å². The molecule has 1 heterocycles. The molecule has 142 valence electrons. The van der Waals surface area contributed by atoms with E-state index in [1.54, 1.807) is 0 Å². The molecule has 5 aromatic carbocycles. The van der Waals surface area contributed by atoms with Gasteiger partial charge in [0, 0.05) is 33.1 Å². The summed E-state index contributed by atoms with van der Waals surface area (Å²) in [5, 5.41) is 8.38. The molecule has 0 saturated carbocycles. The molecule has 1 N–H and O–H groups in total. The van der Waals surface area contributed by atoms with Crippen LogP contribution in [0.5, 0.6) is 0 Å². The summed E-state index contributed by atoms with van der Waals surface area (Å²) in [6.07, 6.45) is 0. The van der Waals surface area contributed by atoms with Crippen molar-refractivity contribution in [2.75, 3.05) is 5.32 Å².